The second-order valence-electron chi connectivity index (χ2n) is 7.20. The number of rotatable bonds is 9. The van der Waals surface area contributed by atoms with Gasteiger partial charge in [-0.2, -0.15) is 0 Å². The molecule has 1 unspecified atom stereocenters. The standard InChI is InChI=1S/C22H30N4O4.HI/c1-23-22(26-10-9-18(15-26)16-29-13-12-28-2)24-14-17-5-7-19(8-6-17)25-21(27)20-4-3-11-30-20;/h3-8,11,18H,9-10,12-16H2,1-2H3,(H,23,24)(H,25,27);1H. The molecule has 1 fully saturated rings. The Morgan fingerprint density at radius 3 is 2.74 bits per heavy atom. The first-order valence-electron chi connectivity index (χ1n) is 10.2. The van der Waals surface area contributed by atoms with Gasteiger partial charge in [-0.05, 0) is 36.2 Å². The van der Waals surface area contributed by atoms with Crippen LogP contribution in [-0.2, 0) is 16.0 Å². The summed E-state index contributed by atoms with van der Waals surface area (Å²) in [4.78, 5) is 18.7. The normalized spacial score (nSPS) is 16.1. The summed E-state index contributed by atoms with van der Waals surface area (Å²) >= 11 is 0. The molecule has 170 valence electrons. The number of guanidine groups is 1. The Balaban J connectivity index is 0.00000341. The highest BCUT2D eigenvalue weighted by atomic mass is 127. The van der Waals surface area contributed by atoms with Gasteiger partial charge >= 0.3 is 0 Å². The van der Waals surface area contributed by atoms with Gasteiger partial charge in [-0.3, -0.25) is 9.79 Å². The maximum atomic E-state index is 12.0. The van der Waals surface area contributed by atoms with E-state index in [-0.39, 0.29) is 35.6 Å². The number of carbonyl (C=O) groups is 1. The van der Waals surface area contributed by atoms with Crippen LogP contribution in [0.3, 0.4) is 0 Å². The van der Waals surface area contributed by atoms with Crippen LogP contribution in [0.15, 0.2) is 52.1 Å². The van der Waals surface area contributed by atoms with Gasteiger partial charge in [0, 0.05) is 45.4 Å². The van der Waals surface area contributed by atoms with Crippen molar-refractivity contribution in [2.75, 3.05) is 52.4 Å². The minimum Gasteiger partial charge on any atom is -0.459 e. The zero-order valence-corrected chi connectivity index (χ0v) is 20.3. The van der Waals surface area contributed by atoms with Gasteiger partial charge in [0.05, 0.1) is 26.1 Å². The summed E-state index contributed by atoms with van der Waals surface area (Å²) in [5.41, 5.74) is 1.83. The van der Waals surface area contributed by atoms with Crippen molar-refractivity contribution in [1.29, 1.82) is 0 Å². The van der Waals surface area contributed by atoms with E-state index in [9.17, 15) is 4.79 Å². The topological polar surface area (TPSA) is 88.3 Å². The number of ether oxygens (including phenoxy) is 2. The predicted molar refractivity (Wildman–Crippen MR) is 131 cm³/mol. The third-order valence-electron chi connectivity index (χ3n) is 4.99. The molecular weight excluding hydrogens is 511 g/mol. The van der Waals surface area contributed by atoms with Gasteiger partial charge in [0.15, 0.2) is 11.7 Å². The number of hydrogen-bond donors (Lipinski definition) is 2. The van der Waals surface area contributed by atoms with Crippen LogP contribution >= 0.6 is 24.0 Å². The summed E-state index contributed by atoms with van der Waals surface area (Å²) in [5.74, 6) is 1.43. The molecule has 1 aromatic carbocycles. The molecule has 0 bridgehead atoms. The largest absolute Gasteiger partial charge is 0.459 e. The summed E-state index contributed by atoms with van der Waals surface area (Å²) in [5, 5.41) is 6.24. The second-order valence-corrected chi connectivity index (χ2v) is 7.20. The Morgan fingerprint density at radius 1 is 1.26 bits per heavy atom. The molecule has 0 aliphatic carbocycles. The average Bonchev–Trinajstić information content (AvgIpc) is 3.46. The maximum absolute atomic E-state index is 12.0. The summed E-state index contributed by atoms with van der Waals surface area (Å²) in [7, 11) is 3.48. The maximum Gasteiger partial charge on any atom is 0.291 e. The first kappa shape index (κ1) is 25.2. The Bertz CT molecular complexity index is 811. The lowest BCUT2D eigenvalue weighted by Gasteiger charge is -2.22. The lowest BCUT2D eigenvalue weighted by molar-refractivity contribution is 0.0536. The highest BCUT2D eigenvalue weighted by Gasteiger charge is 2.24. The molecule has 0 saturated carbocycles. The van der Waals surface area contributed by atoms with Crippen LogP contribution in [0.5, 0.6) is 0 Å². The van der Waals surface area contributed by atoms with Crippen LogP contribution in [0, 0.1) is 5.92 Å². The molecule has 2 N–H and O–H groups in total. The SMILES string of the molecule is CN=C(NCc1ccc(NC(=O)c2ccco2)cc1)N1CCC(COCCOC)C1.I. The number of methoxy groups -OCH3 is 1. The first-order valence-corrected chi connectivity index (χ1v) is 10.2. The fraction of sp³-hybridized carbons (Fsp3) is 0.455. The van der Waals surface area contributed by atoms with Gasteiger partial charge in [0.1, 0.15) is 0 Å². The number of nitrogens with zero attached hydrogens (tertiary/aromatic N) is 2. The van der Waals surface area contributed by atoms with Crippen molar-refractivity contribution in [1.82, 2.24) is 10.2 Å². The van der Waals surface area contributed by atoms with Crippen molar-refractivity contribution in [3.05, 3.63) is 54.0 Å². The van der Waals surface area contributed by atoms with Crippen molar-refractivity contribution in [2.45, 2.75) is 13.0 Å². The van der Waals surface area contributed by atoms with Gasteiger partial charge < -0.3 is 29.4 Å². The molecular formula is C22H31IN4O4. The quantitative estimate of drug-likeness (QED) is 0.219. The number of nitrogens with one attached hydrogen (secondary N) is 2. The second kappa shape index (κ2) is 13.3. The fourth-order valence-corrected chi connectivity index (χ4v) is 3.37. The zero-order valence-electron chi connectivity index (χ0n) is 18.0. The van der Waals surface area contributed by atoms with Crippen LogP contribution in [-0.4, -0.2) is 63.8 Å². The van der Waals surface area contributed by atoms with E-state index in [1.54, 1.807) is 26.3 Å². The number of benzene rings is 1. The highest BCUT2D eigenvalue weighted by Crippen LogP contribution is 2.17. The van der Waals surface area contributed by atoms with Crippen molar-refractivity contribution >= 4 is 41.5 Å². The predicted octanol–water partition coefficient (Wildman–Crippen LogP) is 3.21. The minimum absolute atomic E-state index is 0. The molecule has 1 atom stereocenters. The lowest BCUT2D eigenvalue weighted by Crippen LogP contribution is -2.39. The number of aliphatic imine (C=N–C) groups is 1. The molecule has 1 aromatic heterocycles. The van der Waals surface area contributed by atoms with Gasteiger partial charge in [0.25, 0.3) is 5.91 Å². The molecule has 9 heteroatoms. The number of likely N-dealkylation sites (tertiary alicyclic amines) is 1. The minimum atomic E-state index is -0.263. The third kappa shape index (κ3) is 7.82. The number of halogens is 1. The van der Waals surface area contributed by atoms with Crippen molar-refractivity contribution in [2.24, 2.45) is 10.9 Å². The summed E-state index contributed by atoms with van der Waals surface area (Å²) < 4.78 is 15.8. The number of furan rings is 1. The third-order valence-corrected chi connectivity index (χ3v) is 4.99. The number of anilines is 1. The van der Waals surface area contributed by atoms with Crippen molar-refractivity contribution in [3.63, 3.8) is 0 Å². The van der Waals surface area contributed by atoms with Gasteiger partial charge in [-0.25, -0.2) is 0 Å². The van der Waals surface area contributed by atoms with Crippen molar-refractivity contribution in [3.8, 4) is 0 Å². The molecule has 1 aliphatic heterocycles. The van der Waals surface area contributed by atoms with E-state index in [2.05, 4.69) is 20.5 Å². The van der Waals surface area contributed by atoms with Gasteiger partial charge in [-0.1, -0.05) is 12.1 Å². The smallest absolute Gasteiger partial charge is 0.291 e. The van der Waals surface area contributed by atoms with Crippen LogP contribution in [0.25, 0.3) is 0 Å². The molecule has 2 heterocycles. The van der Waals surface area contributed by atoms with Crippen LogP contribution in [0.1, 0.15) is 22.5 Å². The summed E-state index contributed by atoms with van der Waals surface area (Å²) in [6.07, 6.45) is 2.57. The van der Waals surface area contributed by atoms with Crippen LogP contribution < -0.4 is 10.6 Å². The molecule has 2 aromatic rings. The summed E-state index contributed by atoms with van der Waals surface area (Å²) in [6, 6.07) is 11.0. The van der Waals surface area contributed by atoms with Crippen LogP contribution in [0.4, 0.5) is 5.69 Å². The van der Waals surface area contributed by atoms with Gasteiger partial charge in [0.2, 0.25) is 0 Å². The van der Waals surface area contributed by atoms with Crippen LogP contribution in [0.2, 0.25) is 0 Å². The first-order chi connectivity index (χ1) is 14.7. The van der Waals surface area contributed by atoms with Gasteiger partial charge in [-0.15, -0.1) is 24.0 Å². The number of amides is 1. The molecule has 1 aliphatic rings. The van der Waals surface area contributed by atoms with E-state index >= 15 is 0 Å². The Labute approximate surface area is 200 Å². The Kier molecular flexibility index (Phi) is 10.8. The van der Waals surface area contributed by atoms with E-state index < -0.39 is 0 Å². The average molecular weight is 542 g/mol. The molecule has 31 heavy (non-hydrogen) atoms. The Morgan fingerprint density at radius 2 is 2.06 bits per heavy atom. The number of carbonyl (C=O) groups excluding carboxylic acids is 1. The number of hydrogen-bond acceptors (Lipinski definition) is 5. The molecule has 1 saturated heterocycles. The van der Waals surface area contributed by atoms with Crippen molar-refractivity contribution < 1.29 is 18.7 Å². The van der Waals surface area contributed by atoms with E-state index in [1.807, 2.05) is 24.3 Å². The molecule has 0 spiro atoms. The monoisotopic (exact) mass is 542 g/mol. The summed E-state index contributed by atoms with van der Waals surface area (Å²) in [6.45, 7) is 4.58. The fourth-order valence-electron chi connectivity index (χ4n) is 3.37. The lowest BCUT2D eigenvalue weighted by atomic mass is 10.1. The molecule has 3 rings (SSSR count). The zero-order chi connectivity index (χ0) is 21.2. The molecule has 0 radical (unpaired) electrons. The van der Waals surface area contributed by atoms with E-state index in [0.717, 1.165) is 43.3 Å². The van der Waals surface area contributed by atoms with E-state index in [4.69, 9.17) is 13.9 Å². The molecule has 1 amide bonds. The highest BCUT2D eigenvalue weighted by molar-refractivity contribution is 14.0. The van der Waals surface area contributed by atoms with E-state index in [1.165, 1.54) is 6.26 Å². The molecule has 8 nitrogen and oxygen atoms in total. The van der Waals surface area contributed by atoms with E-state index in [0.29, 0.717) is 25.7 Å². The Hall–Kier alpha value is -2.11.